The third-order valence-corrected chi connectivity index (χ3v) is 4.56. The van der Waals surface area contributed by atoms with Gasteiger partial charge in [-0.05, 0) is 30.4 Å². The molecule has 2 nitrogen and oxygen atoms in total. The van der Waals surface area contributed by atoms with E-state index in [-0.39, 0.29) is 6.04 Å². The smallest absolute Gasteiger partial charge is 0.0670 e. The maximum Gasteiger partial charge on any atom is 0.0670 e. The van der Waals surface area contributed by atoms with Crippen LogP contribution in [0.2, 0.25) is 5.02 Å². The third-order valence-electron chi connectivity index (χ3n) is 4.25. The number of aryl methyl sites for hydroxylation is 1. The van der Waals surface area contributed by atoms with E-state index in [1.54, 1.807) is 0 Å². The lowest BCUT2D eigenvalue weighted by Gasteiger charge is -2.18. The standard InChI is InChI=1S/C15H19ClN2/c1-18-9-12(14(17)10-5-2-3-6-10)11-7-4-8-13(16)15(11)18/h4,7-10,14H,2-3,5-6,17H2,1H3. The quantitative estimate of drug-likeness (QED) is 0.871. The Hall–Kier alpha value is -0.990. The molecule has 0 radical (unpaired) electrons. The molecule has 2 aromatic rings. The van der Waals surface area contributed by atoms with Crippen LogP contribution in [0, 0.1) is 5.92 Å². The van der Waals surface area contributed by atoms with Crippen LogP contribution in [-0.2, 0) is 7.05 Å². The largest absolute Gasteiger partial charge is 0.349 e. The number of rotatable bonds is 2. The molecule has 3 rings (SSSR count). The van der Waals surface area contributed by atoms with E-state index in [2.05, 4.69) is 16.8 Å². The van der Waals surface area contributed by atoms with Gasteiger partial charge in [0.1, 0.15) is 0 Å². The van der Waals surface area contributed by atoms with Gasteiger partial charge in [0.15, 0.2) is 0 Å². The minimum atomic E-state index is 0.148. The molecule has 96 valence electrons. The van der Waals surface area contributed by atoms with Crippen molar-refractivity contribution in [3.63, 3.8) is 0 Å². The van der Waals surface area contributed by atoms with E-state index in [1.807, 2.05) is 19.2 Å². The topological polar surface area (TPSA) is 30.9 Å². The van der Waals surface area contributed by atoms with Gasteiger partial charge in [-0.3, -0.25) is 0 Å². The molecule has 1 heterocycles. The fourth-order valence-corrected chi connectivity index (χ4v) is 3.59. The highest BCUT2D eigenvalue weighted by atomic mass is 35.5. The summed E-state index contributed by atoms with van der Waals surface area (Å²) in [5, 5.41) is 2.02. The van der Waals surface area contributed by atoms with Gasteiger partial charge in [0.2, 0.25) is 0 Å². The fraction of sp³-hybridized carbons (Fsp3) is 0.467. The molecule has 1 aliphatic carbocycles. The van der Waals surface area contributed by atoms with E-state index in [0.29, 0.717) is 5.92 Å². The summed E-state index contributed by atoms with van der Waals surface area (Å²) in [6.07, 6.45) is 7.32. The second kappa shape index (κ2) is 4.60. The Labute approximate surface area is 113 Å². The van der Waals surface area contributed by atoms with Crippen LogP contribution in [0.25, 0.3) is 10.9 Å². The van der Waals surface area contributed by atoms with Crippen molar-refractivity contribution in [2.24, 2.45) is 18.7 Å². The maximum absolute atomic E-state index is 6.47. The highest BCUT2D eigenvalue weighted by molar-refractivity contribution is 6.35. The van der Waals surface area contributed by atoms with E-state index < -0.39 is 0 Å². The first-order chi connectivity index (χ1) is 8.68. The van der Waals surface area contributed by atoms with Gasteiger partial charge < -0.3 is 10.3 Å². The van der Waals surface area contributed by atoms with Crippen LogP contribution >= 0.6 is 11.6 Å². The molecule has 1 saturated carbocycles. The molecule has 1 aliphatic rings. The minimum Gasteiger partial charge on any atom is -0.349 e. The molecule has 1 atom stereocenters. The molecule has 1 aromatic carbocycles. The molecular formula is C15H19ClN2. The fourth-order valence-electron chi connectivity index (χ4n) is 3.29. The molecule has 0 spiro atoms. The van der Waals surface area contributed by atoms with Gasteiger partial charge >= 0.3 is 0 Å². The zero-order valence-corrected chi connectivity index (χ0v) is 11.5. The number of nitrogens with two attached hydrogens (primary N) is 1. The first-order valence-electron chi connectivity index (χ1n) is 6.67. The lowest BCUT2D eigenvalue weighted by Crippen LogP contribution is -2.18. The zero-order valence-electron chi connectivity index (χ0n) is 10.7. The first kappa shape index (κ1) is 12.1. The number of halogens is 1. The zero-order chi connectivity index (χ0) is 12.7. The summed E-state index contributed by atoms with van der Waals surface area (Å²) in [5.74, 6) is 0.634. The van der Waals surface area contributed by atoms with Crippen molar-refractivity contribution in [2.45, 2.75) is 31.7 Å². The molecule has 1 unspecified atom stereocenters. The highest BCUT2D eigenvalue weighted by Crippen LogP contribution is 2.38. The molecule has 1 aromatic heterocycles. The number of fused-ring (bicyclic) bond motifs is 1. The molecule has 2 N–H and O–H groups in total. The second-order valence-electron chi connectivity index (χ2n) is 5.40. The van der Waals surface area contributed by atoms with Gasteiger partial charge in [-0.2, -0.15) is 0 Å². The number of benzene rings is 1. The van der Waals surface area contributed by atoms with Crippen molar-refractivity contribution < 1.29 is 0 Å². The van der Waals surface area contributed by atoms with Crippen molar-refractivity contribution in [1.82, 2.24) is 4.57 Å². The van der Waals surface area contributed by atoms with Crippen LogP contribution in [0.4, 0.5) is 0 Å². The number of aromatic nitrogens is 1. The molecule has 0 amide bonds. The Morgan fingerprint density at radius 2 is 2.06 bits per heavy atom. The van der Waals surface area contributed by atoms with Crippen molar-refractivity contribution >= 4 is 22.5 Å². The summed E-state index contributed by atoms with van der Waals surface area (Å²) in [5.41, 5.74) is 8.82. The van der Waals surface area contributed by atoms with Crippen molar-refractivity contribution in [3.05, 3.63) is 35.0 Å². The van der Waals surface area contributed by atoms with Crippen LogP contribution in [-0.4, -0.2) is 4.57 Å². The molecular weight excluding hydrogens is 244 g/mol. The summed E-state index contributed by atoms with van der Waals surface area (Å²) in [4.78, 5) is 0. The van der Waals surface area contributed by atoms with Gasteiger partial charge in [0.05, 0.1) is 10.5 Å². The van der Waals surface area contributed by atoms with Crippen molar-refractivity contribution in [1.29, 1.82) is 0 Å². The maximum atomic E-state index is 6.47. The van der Waals surface area contributed by atoms with Gasteiger partial charge in [-0.15, -0.1) is 0 Å². The summed E-state index contributed by atoms with van der Waals surface area (Å²) < 4.78 is 2.10. The average Bonchev–Trinajstić information content (AvgIpc) is 2.97. The summed E-state index contributed by atoms with van der Waals surface area (Å²) in [7, 11) is 2.04. The molecule has 18 heavy (non-hydrogen) atoms. The highest BCUT2D eigenvalue weighted by Gasteiger charge is 2.25. The van der Waals surface area contributed by atoms with Crippen molar-refractivity contribution in [3.8, 4) is 0 Å². The Balaban J connectivity index is 2.09. The predicted octanol–water partition coefficient (Wildman–Crippen LogP) is 4.02. The average molecular weight is 263 g/mol. The van der Waals surface area contributed by atoms with E-state index in [1.165, 1.54) is 36.6 Å². The monoisotopic (exact) mass is 262 g/mol. The third kappa shape index (κ3) is 1.84. The second-order valence-corrected chi connectivity index (χ2v) is 5.81. The minimum absolute atomic E-state index is 0.148. The molecule has 0 saturated heterocycles. The van der Waals surface area contributed by atoms with E-state index in [9.17, 15) is 0 Å². The normalized spacial score (nSPS) is 18.6. The summed E-state index contributed by atoms with van der Waals surface area (Å²) in [6, 6.07) is 6.23. The van der Waals surface area contributed by atoms with Gasteiger partial charge in [0.25, 0.3) is 0 Å². The van der Waals surface area contributed by atoms with E-state index in [0.717, 1.165) is 10.5 Å². The van der Waals surface area contributed by atoms with Gasteiger partial charge in [0, 0.05) is 24.7 Å². The van der Waals surface area contributed by atoms with Crippen LogP contribution < -0.4 is 5.73 Å². The summed E-state index contributed by atoms with van der Waals surface area (Å²) >= 11 is 6.28. The SMILES string of the molecule is Cn1cc(C(N)C2CCCC2)c2cccc(Cl)c21. The van der Waals surface area contributed by atoms with Gasteiger partial charge in [-0.25, -0.2) is 0 Å². The van der Waals surface area contributed by atoms with Crippen LogP contribution in [0.3, 0.4) is 0 Å². The predicted molar refractivity (Wildman–Crippen MR) is 76.8 cm³/mol. The molecule has 3 heteroatoms. The van der Waals surface area contributed by atoms with Crippen LogP contribution in [0.5, 0.6) is 0 Å². The lowest BCUT2D eigenvalue weighted by atomic mass is 9.92. The molecule has 1 fully saturated rings. The Morgan fingerprint density at radius 1 is 1.33 bits per heavy atom. The summed E-state index contributed by atoms with van der Waals surface area (Å²) in [6.45, 7) is 0. The first-order valence-corrected chi connectivity index (χ1v) is 7.05. The van der Waals surface area contributed by atoms with Crippen molar-refractivity contribution in [2.75, 3.05) is 0 Å². The Kier molecular flexibility index (Phi) is 3.08. The van der Waals surface area contributed by atoms with E-state index >= 15 is 0 Å². The lowest BCUT2D eigenvalue weighted by molar-refractivity contribution is 0.446. The molecule has 0 bridgehead atoms. The number of para-hydroxylation sites is 1. The van der Waals surface area contributed by atoms with E-state index in [4.69, 9.17) is 17.3 Å². The number of hydrogen-bond donors (Lipinski definition) is 1. The Bertz CT molecular complexity index is 567. The molecule has 0 aliphatic heterocycles. The van der Waals surface area contributed by atoms with Crippen LogP contribution in [0.15, 0.2) is 24.4 Å². The number of hydrogen-bond acceptors (Lipinski definition) is 1. The van der Waals surface area contributed by atoms with Crippen LogP contribution in [0.1, 0.15) is 37.3 Å². The van der Waals surface area contributed by atoms with Gasteiger partial charge in [-0.1, -0.05) is 36.6 Å². The Morgan fingerprint density at radius 3 is 2.78 bits per heavy atom. The number of nitrogens with zero attached hydrogens (tertiary/aromatic N) is 1.